The van der Waals surface area contributed by atoms with Crippen LogP contribution in [-0.4, -0.2) is 38.5 Å². The minimum Gasteiger partial charge on any atom is -0.377 e. The van der Waals surface area contributed by atoms with Gasteiger partial charge in [0.05, 0.1) is 32.5 Å². The second kappa shape index (κ2) is 4.17. The standard InChI is InChI=1S/C11H21NO2/c1-11(2)5-9(6-11)12-10-7-13-3-4-14-8-10/h9-10,12H,3-8H2,1-2H3. The van der Waals surface area contributed by atoms with E-state index in [4.69, 9.17) is 9.47 Å². The average Bonchev–Trinajstić information content (AvgIpc) is 2.29. The first-order chi connectivity index (χ1) is 6.66. The molecule has 2 aliphatic rings. The fourth-order valence-electron chi connectivity index (χ4n) is 2.44. The van der Waals surface area contributed by atoms with E-state index < -0.39 is 0 Å². The molecule has 82 valence electrons. The van der Waals surface area contributed by atoms with Gasteiger partial charge in [0.1, 0.15) is 0 Å². The molecule has 0 bridgehead atoms. The van der Waals surface area contributed by atoms with Gasteiger partial charge in [0, 0.05) is 6.04 Å². The lowest BCUT2D eigenvalue weighted by Gasteiger charge is -2.44. The molecule has 14 heavy (non-hydrogen) atoms. The third-order valence-electron chi connectivity index (χ3n) is 3.08. The molecule has 1 aliphatic carbocycles. The second-order valence-corrected chi connectivity index (χ2v) is 5.28. The van der Waals surface area contributed by atoms with Gasteiger partial charge in [0.2, 0.25) is 0 Å². The van der Waals surface area contributed by atoms with Gasteiger partial charge in [-0.2, -0.15) is 0 Å². The van der Waals surface area contributed by atoms with Crippen molar-refractivity contribution < 1.29 is 9.47 Å². The summed E-state index contributed by atoms with van der Waals surface area (Å²) in [5.41, 5.74) is 0.546. The van der Waals surface area contributed by atoms with Crippen LogP contribution in [0.25, 0.3) is 0 Å². The van der Waals surface area contributed by atoms with E-state index in [-0.39, 0.29) is 0 Å². The maximum atomic E-state index is 5.44. The molecule has 1 saturated heterocycles. The molecular weight excluding hydrogens is 178 g/mol. The van der Waals surface area contributed by atoms with E-state index in [0.717, 1.165) is 26.4 Å². The molecule has 0 atom stereocenters. The van der Waals surface area contributed by atoms with Gasteiger partial charge in [-0.3, -0.25) is 0 Å². The van der Waals surface area contributed by atoms with Crippen molar-refractivity contribution in [3.8, 4) is 0 Å². The van der Waals surface area contributed by atoms with Crippen molar-refractivity contribution in [1.82, 2.24) is 5.32 Å². The Labute approximate surface area is 86.2 Å². The topological polar surface area (TPSA) is 30.5 Å². The van der Waals surface area contributed by atoms with Crippen LogP contribution in [0.2, 0.25) is 0 Å². The predicted octanol–water partition coefficient (Wildman–Crippen LogP) is 1.18. The zero-order valence-corrected chi connectivity index (χ0v) is 9.21. The predicted molar refractivity (Wildman–Crippen MR) is 55.4 cm³/mol. The van der Waals surface area contributed by atoms with Gasteiger partial charge < -0.3 is 14.8 Å². The molecule has 0 aromatic heterocycles. The number of rotatable bonds is 2. The summed E-state index contributed by atoms with van der Waals surface area (Å²) in [4.78, 5) is 0. The molecule has 3 heteroatoms. The first kappa shape index (κ1) is 10.4. The van der Waals surface area contributed by atoms with Crippen LogP contribution in [0, 0.1) is 5.41 Å². The van der Waals surface area contributed by atoms with Crippen molar-refractivity contribution in [1.29, 1.82) is 0 Å². The highest BCUT2D eigenvalue weighted by Crippen LogP contribution is 2.39. The maximum absolute atomic E-state index is 5.44. The number of hydrogen-bond donors (Lipinski definition) is 1. The number of ether oxygens (including phenoxy) is 2. The lowest BCUT2D eigenvalue weighted by atomic mass is 9.68. The minimum atomic E-state index is 0.401. The summed E-state index contributed by atoms with van der Waals surface area (Å²) in [6.07, 6.45) is 2.56. The monoisotopic (exact) mass is 199 g/mol. The molecule has 1 aliphatic heterocycles. The lowest BCUT2D eigenvalue weighted by molar-refractivity contribution is 0.0843. The molecule has 0 aromatic rings. The highest BCUT2D eigenvalue weighted by atomic mass is 16.5. The van der Waals surface area contributed by atoms with Gasteiger partial charge in [-0.05, 0) is 18.3 Å². The maximum Gasteiger partial charge on any atom is 0.0701 e. The Morgan fingerprint density at radius 1 is 1.00 bits per heavy atom. The lowest BCUT2D eigenvalue weighted by Crippen LogP contribution is -2.52. The van der Waals surface area contributed by atoms with Gasteiger partial charge in [0.25, 0.3) is 0 Å². The van der Waals surface area contributed by atoms with Gasteiger partial charge in [-0.25, -0.2) is 0 Å². The third-order valence-corrected chi connectivity index (χ3v) is 3.08. The van der Waals surface area contributed by atoms with Crippen molar-refractivity contribution in [2.75, 3.05) is 26.4 Å². The Kier molecular flexibility index (Phi) is 3.10. The third kappa shape index (κ3) is 2.69. The van der Waals surface area contributed by atoms with Crippen LogP contribution in [0.5, 0.6) is 0 Å². The van der Waals surface area contributed by atoms with Gasteiger partial charge in [-0.1, -0.05) is 13.8 Å². The summed E-state index contributed by atoms with van der Waals surface area (Å²) >= 11 is 0. The highest BCUT2D eigenvalue weighted by molar-refractivity contribution is 4.93. The van der Waals surface area contributed by atoms with Crippen LogP contribution < -0.4 is 5.32 Å². The second-order valence-electron chi connectivity index (χ2n) is 5.28. The molecule has 0 spiro atoms. The quantitative estimate of drug-likeness (QED) is 0.724. The van der Waals surface area contributed by atoms with Crippen LogP contribution in [0.1, 0.15) is 26.7 Å². The van der Waals surface area contributed by atoms with Gasteiger partial charge >= 0.3 is 0 Å². The van der Waals surface area contributed by atoms with E-state index in [9.17, 15) is 0 Å². The van der Waals surface area contributed by atoms with E-state index in [2.05, 4.69) is 19.2 Å². The molecule has 0 aromatic carbocycles. The summed E-state index contributed by atoms with van der Waals surface area (Å²) in [7, 11) is 0. The van der Waals surface area contributed by atoms with Gasteiger partial charge in [-0.15, -0.1) is 0 Å². The number of hydrogen-bond acceptors (Lipinski definition) is 3. The van der Waals surface area contributed by atoms with Crippen molar-refractivity contribution in [3.63, 3.8) is 0 Å². The molecule has 3 nitrogen and oxygen atoms in total. The Morgan fingerprint density at radius 3 is 2.07 bits per heavy atom. The van der Waals surface area contributed by atoms with E-state index in [0.29, 0.717) is 17.5 Å². The van der Waals surface area contributed by atoms with E-state index in [1.54, 1.807) is 0 Å². The van der Waals surface area contributed by atoms with Crippen LogP contribution in [0.4, 0.5) is 0 Å². The molecule has 0 radical (unpaired) electrons. The Hall–Kier alpha value is -0.120. The van der Waals surface area contributed by atoms with Crippen molar-refractivity contribution >= 4 is 0 Å². The Balaban J connectivity index is 1.69. The molecule has 2 rings (SSSR count). The average molecular weight is 199 g/mol. The van der Waals surface area contributed by atoms with Gasteiger partial charge in [0.15, 0.2) is 0 Å². The van der Waals surface area contributed by atoms with E-state index >= 15 is 0 Å². The van der Waals surface area contributed by atoms with Crippen LogP contribution in [0.15, 0.2) is 0 Å². The van der Waals surface area contributed by atoms with Crippen LogP contribution >= 0.6 is 0 Å². The van der Waals surface area contributed by atoms with E-state index in [1.807, 2.05) is 0 Å². The zero-order chi connectivity index (χ0) is 10.0. The molecule has 2 fully saturated rings. The SMILES string of the molecule is CC1(C)CC(NC2COCCOC2)C1. The van der Waals surface area contributed by atoms with Crippen molar-refractivity contribution in [2.24, 2.45) is 5.41 Å². The number of nitrogens with one attached hydrogen (secondary N) is 1. The zero-order valence-electron chi connectivity index (χ0n) is 9.21. The molecule has 0 unspecified atom stereocenters. The molecular formula is C11H21NO2. The highest BCUT2D eigenvalue weighted by Gasteiger charge is 2.36. The first-order valence-corrected chi connectivity index (χ1v) is 5.57. The summed E-state index contributed by atoms with van der Waals surface area (Å²) in [6, 6.07) is 1.08. The molecule has 1 saturated carbocycles. The minimum absolute atomic E-state index is 0.401. The fourth-order valence-corrected chi connectivity index (χ4v) is 2.44. The summed E-state index contributed by atoms with van der Waals surface area (Å²) in [6.45, 7) is 7.74. The van der Waals surface area contributed by atoms with Crippen LogP contribution in [-0.2, 0) is 9.47 Å². The first-order valence-electron chi connectivity index (χ1n) is 5.57. The summed E-state index contributed by atoms with van der Waals surface area (Å²) < 4.78 is 10.9. The van der Waals surface area contributed by atoms with Crippen molar-refractivity contribution in [3.05, 3.63) is 0 Å². The Morgan fingerprint density at radius 2 is 1.57 bits per heavy atom. The molecule has 1 N–H and O–H groups in total. The fraction of sp³-hybridized carbons (Fsp3) is 1.00. The van der Waals surface area contributed by atoms with Crippen LogP contribution in [0.3, 0.4) is 0 Å². The normalized spacial score (nSPS) is 29.6. The largest absolute Gasteiger partial charge is 0.377 e. The molecule has 0 amide bonds. The van der Waals surface area contributed by atoms with E-state index in [1.165, 1.54) is 12.8 Å². The van der Waals surface area contributed by atoms with Crippen molar-refractivity contribution in [2.45, 2.75) is 38.8 Å². The molecule has 1 heterocycles. The summed E-state index contributed by atoms with van der Waals surface area (Å²) in [5.74, 6) is 0. The Bertz CT molecular complexity index is 178. The smallest absolute Gasteiger partial charge is 0.0701 e. The summed E-state index contributed by atoms with van der Waals surface area (Å²) in [5, 5.41) is 3.60.